The maximum Gasteiger partial charge on any atom is 0.258 e. The summed E-state index contributed by atoms with van der Waals surface area (Å²) in [5, 5.41) is 2.97. The molecule has 1 unspecified atom stereocenters. The summed E-state index contributed by atoms with van der Waals surface area (Å²) >= 11 is 0. The first-order chi connectivity index (χ1) is 14.5. The van der Waals surface area contributed by atoms with Gasteiger partial charge in [-0.3, -0.25) is 14.0 Å². The monoisotopic (exact) mass is 426 g/mol. The molecule has 3 N–H and O–H groups in total. The van der Waals surface area contributed by atoms with Gasteiger partial charge in [0.2, 0.25) is 0 Å². The summed E-state index contributed by atoms with van der Waals surface area (Å²) < 4.78 is 23.6. The second-order valence-corrected chi connectivity index (χ2v) is 7.58. The Bertz CT molecular complexity index is 1070. The molecule has 30 heavy (non-hydrogen) atoms. The van der Waals surface area contributed by atoms with Gasteiger partial charge in [-0.1, -0.05) is 6.07 Å². The molecule has 0 aliphatic heterocycles. The SMILES string of the molecule is COc1ccc(CS(=O)c2ncccc2C(=O)Nc2ccnc(CN)c2)c(OC)c1. The molecule has 0 saturated heterocycles. The van der Waals surface area contributed by atoms with Gasteiger partial charge in [-0.25, -0.2) is 4.98 Å². The summed E-state index contributed by atoms with van der Waals surface area (Å²) in [6.45, 7) is 0.259. The highest BCUT2D eigenvalue weighted by atomic mass is 32.2. The molecule has 0 bridgehead atoms. The van der Waals surface area contributed by atoms with Crippen LogP contribution in [0.3, 0.4) is 0 Å². The molecule has 2 aromatic heterocycles. The molecule has 8 nitrogen and oxygen atoms in total. The predicted octanol–water partition coefficient (Wildman–Crippen LogP) is 2.51. The predicted molar refractivity (Wildman–Crippen MR) is 114 cm³/mol. The molecule has 0 saturated carbocycles. The number of hydrogen-bond donors (Lipinski definition) is 2. The smallest absolute Gasteiger partial charge is 0.258 e. The fraction of sp³-hybridized carbons (Fsp3) is 0.190. The molecule has 0 spiro atoms. The molecular weight excluding hydrogens is 404 g/mol. The van der Waals surface area contributed by atoms with Crippen LogP contribution in [0.2, 0.25) is 0 Å². The van der Waals surface area contributed by atoms with Gasteiger partial charge in [-0.15, -0.1) is 0 Å². The van der Waals surface area contributed by atoms with Crippen molar-refractivity contribution in [2.75, 3.05) is 19.5 Å². The van der Waals surface area contributed by atoms with E-state index in [4.69, 9.17) is 15.2 Å². The van der Waals surface area contributed by atoms with Gasteiger partial charge >= 0.3 is 0 Å². The highest BCUT2D eigenvalue weighted by Gasteiger charge is 2.19. The normalized spacial score (nSPS) is 11.6. The summed E-state index contributed by atoms with van der Waals surface area (Å²) in [5.41, 5.74) is 7.74. The van der Waals surface area contributed by atoms with Crippen molar-refractivity contribution in [1.82, 2.24) is 9.97 Å². The lowest BCUT2D eigenvalue weighted by Crippen LogP contribution is -2.16. The molecule has 1 aromatic carbocycles. The largest absolute Gasteiger partial charge is 0.497 e. The van der Waals surface area contributed by atoms with Gasteiger partial charge in [0.25, 0.3) is 5.91 Å². The van der Waals surface area contributed by atoms with E-state index in [0.717, 1.165) is 5.56 Å². The number of carbonyl (C=O) groups excluding carboxylic acids is 1. The van der Waals surface area contributed by atoms with Gasteiger partial charge in [-0.05, 0) is 30.3 Å². The lowest BCUT2D eigenvalue weighted by atomic mass is 10.2. The topological polar surface area (TPSA) is 116 Å². The number of methoxy groups -OCH3 is 2. The van der Waals surface area contributed by atoms with E-state index in [1.807, 2.05) is 0 Å². The number of carbonyl (C=O) groups is 1. The van der Waals surface area contributed by atoms with Crippen molar-refractivity contribution < 1.29 is 18.5 Å². The third kappa shape index (κ3) is 5.00. The first-order valence-electron chi connectivity index (χ1n) is 9.06. The average molecular weight is 426 g/mol. The first-order valence-corrected chi connectivity index (χ1v) is 10.4. The minimum atomic E-state index is -1.58. The van der Waals surface area contributed by atoms with Crippen molar-refractivity contribution in [3.05, 3.63) is 71.7 Å². The Morgan fingerprint density at radius 2 is 1.93 bits per heavy atom. The second-order valence-electron chi connectivity index (χ2n) is 6.22. The van der Waals surface area contributed by atoms with Crippen LogP contribution in [0, 0.1) is 0 Å². The van der Waals surface area contributed by atoms with Crippen molar-refractivity contribution in [2.45, 2.75) is 17.3 Å². The molecule has 1 amide bonds. The Morgan fingerprint density at radius 3 is 2.67 bits per heavy atom. The lowest BCUT2D eigenvalue weighted by molar-refractivity contribution is 0.102. The van der Waals surface area contributed by atoms with Gasteiger partial charge in [0.05, 0.1) is 42.0 Å². The van der Waals surface area contributed by atoms with Crippen molar-refractivity contribution in [2.24, 2.45) is 5.73 Å². The molecule has 2 heterocycles. The fourth-order valence-corrected chi connectivity index (χ4v) is 4.03. The molecule has 3 aromatic rings. The number of nitrogens with two attached hydrogens (primary N) is 1. The van der Waals surface area contributed by atoms with Crippen molar-refractivity contribution in [1.29, 1.82) is 0 Å². The maximum atomic E-state index is 13.1. The quantitative estimate of drug-likeness (QED) is 0.568. The van der Waals surface area contributed by atoms with Crippen LogP contribution in [0.1, 0.15) is 21.6 Å². The van der Waals surface area contributed by atoms with Gasteiger partial charge in [0.15, 0.2) is 0 Å². The highest BCUT2D eigenvalue weighted by molar-refractivity contribution is 7.84. The maximum absolute atomic E-state index is 13.1. The van der Waals surface area contributed by atoms with E-state index in [9.17, 15) is 9.00 Å². The molecule has 156 valence electrons. The van der Waals surface area contributed by atoms with Crippen molar-refractivity contribution >= 4 is 22.4 Å². The number of nitrogens with one attached hydrogen (secondary N) is 1. The zero-order chi connectivity index (χ0) is 21.5. The van der Waals surface area contributed by atoms with Crippen LogP contribution in [-0.2, 0) is 23.1 Å². The molecular formula is C21H22N4O4S. The number of hydrogen-bond acceptors (Lipinski definition) is 7. The van der Waals surface area contributed by atoms with Crippen LogP contribution >= 0.6 is 0 Å². The molecule has 1 atom stereocenters. The van der Waals surface area contributed by atoms with Crippen molar-refractivity contribution in [3.8, 4) is 11.5 Å². The zero-order valence-corrected chi connectivity index (χ0v) is 17.4. The fourth-order valence-electron chi connectivity index (χ4n) is 2.79. The summed E-state index contributed by atoms with van der Waals surface area (Å²) in [7, 11) is 1.52. The second kappa shape index (κ2) is 9.95. The molecule has 0 aliphatic carbocycles. The number of ether oxygens (including phenoxy) is 2. The lowest BCUT2D eigenvalue weighted by Gasteiger charge is -2.12. The van der Waals surface area contributed by atoms with Crippen LogP contribution in [-0.4, -0.2) is 34.3 Å². The van der Waals surface area contributed by atoms with Gasteiger partial charge in [-0.2, -0.15) is 0 Å². The average Bonchev–Trinajstić information content (AvgIpc) is 2.79. The number of amides is 1. The van der Waals surface area contributed by atoms with Crippen LogP contribution < -0.4 is 20.5 Å². The van der Waals surface area contributed by atoms with E-state index in [0.29, 0.717) is 22.9 Å². The van der Waals surface area contributed by atoms with E-state index < -0.39 is 16.7 Å². The van der Waals surface area contributed by atoms with E-state index in [-0.39, 0.29) is 22.9 Å². The Labute approximate surface area is 176 Å². The Balaban J connectivity index is 1.84. The first kappa shape index (κ1) is 21.4. The standard InChI is InChI=1S/C21H22N4O4S/c1-28-17-6-5-14(19(11-17)29-2)13-30(27)21-18(4-3-8-24-21)20(26)25-15-7-9-23-16(10-15)12-22/h3-11H,12-13,22H2,1-2H3,(H,23,25,26). The molecule has 3 rings (SSSR count). The van der Waals surface area contributed by atoms with Gasteiger partial charge in [0.1, 0.15) is 16.5 Å². The van der Waals surface area contributed by atoms with Crippen LogP contribution in [0.5, 0.6) is 11.5 Å². The third-order valence-electron chi connectivity index (χ3n) is 4.30. The van der Waals surface area contributed by atoms with E-state index in [1.54, 1.807) is 55.8 Å². The third-order valence-corrected chi connectivity index (χ3v) is 5.63. The molecule has 0 aliphatic rings. The summed E-state index contributed by atoms with van der Waals surface area (Å²) in [5.74, 6) is 0.906. The van der Waals surface area contributed by atoms with E-state index >= 15 is 0 Å². The van der Waals surface area contributed by atoms with Crippen LogP contribution in [0.25, 0.3) is 0 Å². The van der Waals surface area contributed by atoms with Gasteiger partial charge in [0, 0.05) is 36.3 Å². The molecule has 0 radical (unpaired) electrons. The summed E-state index contributed by atoms with van der Waals surface area (Å²) in [6, 6.07) is 11.8. The van der Waals surface area contributed by atoms with Gasteiger partial charge < -0.3 is 20.5 Å². The number of rotatable bonds is 8. The highest BCUT2D eigenvalue weighted by Crippen LogP contribution is 2.27. The number of nitrogens with zero attached hydrogens (tertiary/aromatic N) is 2. The number of benzene rings is 1. The van der Waals surface area contributed by atoms with Crippen LogP contribution in [0.4, 0.5) is 5.69 Å². The summed E-state index contributed by atoms with van der Waals surface area (Å²) in [6.07, 6.45) is 3.07. The van der Waals surface area contributed by atoms with E-state index in [1.165, 1.54) is 13.3 Å². The number of anilines is 1. The molecule has 9 heteroatoms. The molecule has 0 fully saturated rings. The van der Waals surface area contributed by atoms with Crippen LogP contribution in [0.15, 0.2) is 59.9 Å². The zero-order valence-electron chi connectivity index (χ0n) is 16.6. The Kier molecular flexibility index (Phi) is 7.10. The van der Waals surface area contributed by atoms with Crippen molar-refractivity contribution in [3.63, 3.8) is 0 Å². The minimum absolute atomic E-state index is 0.136. The van der Waals surface area contributed by atoms with E-state index in [2.05, 4.69) is 15.3 Å². The summed E-state index contributed by atoms with van der Waals surface area (Å²) in [4.78, 5) is 21.1. The number of aromatic nitrogens is 2. The Morgan fingerprint density at radius 1 is 1.10 bits per heavy atom. The minimum Gasteiger partial charge on any atom is -0.497 e. The number of pyridine rings is 2. The Hall–Kier alpha value is -3.30.